The number of nitrogens with one attached hydrogen (secondary N) is 1. The largest absolute Gasteiger partial charge is 0.484 e. The molecule has 1 aliphatic heterocycles. The van der Waals surface area contributed by atoms with Gasteiger partial charge in [0.2, 0.25) is 0 Å². The van der Waals surface area contributed by atoms with Gasteiger partial charge in [0, 0.05) is 24.8 Å². The molecule has 2 amide bonds. The Kier molecular flexibility index (Phi) is 7.06. The number of benzene rings is 1. The number of ether oxygens (including phenoxy) is 1. The van der Waals surface area contributed by atoms with Crippen molar-refractivity contribution in [2.24, 2.45) is 11.7 Å². The second-order valence-electron chi connectivity index (χ2n) is 5.98. The maximum Gasteiger partial charge on any atom is 0.291 e. The minimum Gasteiger partial charge on any atom is -0.484 e. The van der Waals surface area contributed by atoms with E-state index in [1.807, 2.05) is 0 Å². The smallest absolute Gasteiger partial charge is 0.291 e. The van der Waals surface area contributed by atoms with Crippen LogP contribution >= 0.6 is 12.4 Å². The van der Waals surface area contributed by atoms with Crippen molar-refractivity contribution < 1.29 is 18.7 Å². The minimum atomic E-state index is -0.344. The van der Waals surface area contributed by atoms with E-state index < -0.39 is 0 Å². The molecule has 1 fully saturated rings. The summed E-state index contributed by atoms with van der Waals surface area (Å²) in [6, 6.07) is 10.1. The van der Waals surface area contributed by atoms with E-state index in [9.17, 15) is 9.59 Å². The molecule has 1 saturated heterocycles. The summed E-state index contributed by atoms with van der Waals surface area (Å²) in [5.74, 6) is 0.721. The van der Waals surface area contributed by atoms with E-state index in [1.165, 1.54) is 6.26 Å². The number of likely N-dealkylation sites (tertiary alicyclic amines) is 1. The Morgan fingerprint density at radius 2 is 2.15 bits per heavy atom. The fourth-order valence-corrected chi connectivity index (χ4v) is 2.75. The van der Waals surface area contributed by atoms with Crippen molar-refractivity contribution >= 4 is 29.9 Å². The number of nitrogens with two attached hydrogens (primary N) is 1. The summed E-state index contributed by atoms with van der Waals surface area (Å²) in [6.45, 7) is 1.98. The molecule has 0 aliphatic carbocycles. The number of hydrogen-bond donors (Lipinski definition) is 2. The van der Waals surface area contributed by atoms with Crippen LogP contribution in [0.15, 0.2) is 47.1 Å². The second kappa shape index (κ2) is 9.26. The maximum atomic E-state index is 12.2. The summed E-state index contributed by atoms with van der Waals surface area (Å²) in [5, 5.41) is 2.72. The molecule has 3 N–H and O–H groups in total. The van der Waals surface area contributed by atoms with Crippen LogP contribution in [0.4, 0.5) is 5.69 Å². The zero-order valence-corrected chi connectivity index (χ0v) is 15.0. The number of amides is 2. The van der Waals surface area contributed by atoms with E-state index >= 15 is 0 Å². The molecule has 0 radical (unpaired) electrons. The van der Waals surface area contributed by atoms with Gasteiger partial charge in [0.25, 0.3) is 11.8 Å². The monoisotopic (exact) mass is 379 g/mol. The van der Waals surface area contributed by atoms with Crippen molar-refractivity contribution in [1.82, 2.24) is 4.90 Å². The lowest BCUT2D eigenvalue weighted by Crippen LogP contribution is -2.33. The van der Waals surface area contributed by atoms with Crippen LogP contribution in [-0.4, -0.2) is 43.0 Å². The third kappa shape index (κ3) is 5.00. The zero-order chi connectivity index (χ0) is 17.6. The summed E-state index contributed by atoms with van der Waals surface area (Å²) >= 11 is 0. The van der Waals surface area contributed by atoms with Crippen LogP contribution in [0.2, 0.25) is 0 Å². The highest BCUT2D eigenvalue weighted by atomic mass is 35.5. The van der Waals surface area contributed by atoms with Crippen LogP contribution in [0.3, 0.4) is 0 Å². The molecule has 0 spiro atoms. The lowest BCUT2D eigenvalue weighted by molar-refractivity contribution is -0.132. The molecule has 1 aromatic carbocycles. The maximum absolute atomic E-state index is 12.2. The van der Waals surface area contributed by atoms with Crippen LogP contribution in [0.1, 0.15) is 17.0 Å². The third-order valence-corrected chi connectivity index (χ3v) is 4.17. The van der Waals surface area contributed by atoms with Crippen LogP contribution in [0, 0.1) is 5.92 Å². The fourth-order valence-electron chi connectivity index (χ4n) is 2.75. The Hall–Kier alpha value is -2.51. The summed E-state index contributed by atoms with van der Waals surface area (Å²) in [7, 11) is 0. The summed E-state index contributed by atoms with van der Waals surface area (Å²) in [4.78, 5) is 25.9. The Balaban J connectivity index is 0.00000243. The first kappa shape index (κ1) is 19.8. The molecule has 140 valence electrons. The minimum absolute atomic E-state index is 0. The number of hydrogen-bond acceptors (Lipinski definition) is 5. The predicted molar refractivity (Wildman–Crippen MR) is 99.6 cm³/mol. The Labute approximate surface area is 157 Å². The van der Waals surface area contributed by atoms with Crippen molar-refractivity contribution in [3.05, 3.63) is 48.4 Å². The number of halogens is 1. The second-order valence-corrected chi connectivity index (χ2v) is 5.98. The Morgan fingerprint density at radius 1 is 1.31 bits per heavy atom. The van der Waals surface area contributed by atoms with E-state index in [4.69, 9.17) is 14.9 Å². The van der Waals surface area contributed by atoms with Gasteiger partial charge in [-0.05, 0) is 43.1 Å². The molecular weight excluding hydrogens is 358 g/mol. The average Bonchev–Trinajstić information content (AvgIpc) is 3.31. The molecule has 0 saturated carbocycles. The Morgan fingerprint density at radius 3 is 2.85 bits per heavy atom. The van der Waals surface area contributed by atoms with E-state index in [0.717, 1.165) is 13.0 Å². The van der Waals surface area contributed by atoms with Gasteiger partial charge in [-0.3, -0.25) is 9.59 Å². The first-order valence-corrected chi connectivity index (χ1v) is 8.21. The number of furan rings is 1. The zero-order valence-electron chi connectivity index (χ0n) is 14.2. The highest BCUT2D eigenvalue weighted by molar-refractivity contribution is 6.02. The molecule has 26 heavy (non-hydrogen) atoms. The molecule has 2 aromatic rings. The normalized spacial score (nSPS) is 16.0. The van der Waals surface area contributed by atoms with Gasteiger partial charge in [0.1, 0.15) is 5.75 Å². The van der Waals surface area contributed by atoms with Crippen molar-refractivity contribution in [2.75, 3.05) is 31.6 Å². The van der Waals surface area contributed by atoms with Gasteiger partial charge in [-0.2, -0.15) is 0 Å². The molecular formula is C18H22ClN3O4. The van der Waals surface area contributed by atoms with E-state index in [2.05, 4.69) is 5.32 Å². The molecule has 7 nitrogen and oxygen atoms in total. The van der Waals surface area contributed by atoms with Crippen molar-refractivity contribution in [3.63, 3.8) is 0 Å². The van der Waals surface area contributed by atoms with Crippen LogP contribution in [-0.2, 0) is 4.79 Å². The lowest BCUT2D eigenvalue weighted by atomic mass is 10.1. The summed E-state index contributed by atoms with van der Waals surface area (Å²) < 4.78 is 10.6. The number of anilines is 1. The first-order valence-electron chi connectivity index (χ1n) is 8.21. The highest BCUT2D eigenvalue weighted by Gasteiger charge is 2.25. The molecule has 1 unspecified atom stereocenters. The van der Waals surface area contributed by atoms with Gasteiger partial charge < -0.3 is 25.1 Å². The fraction of sp³-hybridized carbons (Fsp3) is 0.333. The van der Waals surface area contributed by atoms with Crippen molar-refractivity contribution in [3.8, 4) is 5.75 Å². The molecule has 1 atom stereocenters. The van der Waals surface area contributed by atoms with Crippen molar-refractivity contribution in [2.45, 2.75) is 6.42 Å². The van der Waals surface area contributed by atoms with E-state index in [0.29, 0.717) is 30.4 Å². The number of rotatable bonds is 6. The first-order chi connectivity index (χ1) is 12.2. The van der Waals surface area contributed by atoms with E-state index in [1.54, 1.807) is 41.3 Å². The van der Waals surface area contributed by atoms with Gasteiger partial charge in [-0.15, -0.1) is 12.4 Å². The third-order valence-electron chi connectivity index (χ3n) is 4.17. The lowest BCUT2D eigenvalue weighted by Gasteiger charge is -2.16. The van der Waals surface area contributed by atoms with Gasteiger partial charge in [-0.25, -0.2) is 0 Å². The highest BCUT2D eigenvalue weighted by Crippen LogP contribution is 2.19. The summed E-state index contributed by atoms with van der Waals surface area (Å²) in [5.41, 5.74) is 6.21. The van der Waals surface area contributed by atoms with Crippen molar-refractivity contribution in [1.29, 1.82) is 0 Å². The van der Waals surface area contributed by atoms with Crippen LogP contribution < -0.4 is 15.8 Å². The van der Waals surface area contributed by atoms with Gasteiger partial charge in [0.05, 0.1) is 6.26 Å². The number of nitrogens with zero attached hydrogens (tertiary/aromatic N) is 1. The molecule has 3 rings (SSSR count). The topological polar surface area (TPSA) is 97.8 Å². The molecule has 8 heteroatoms. The van der Waals surface area contributed by atoms with Crippen LogP contribution in [0.5, 0.6) is 5.75 Å². The molecule has 2 heterocycles. The molecule has 0 bridgehead atoms. The SMILES string of the molecule is Cl.NCC1CCN(C(=O)COc2cccc(NC(=O)c3ccco3)c2)C1. The summed E-state index contributed by atoms with van der Waals surface area (Å²) in [6.07, 6.45) is 2.38. The number of carbonyl (C=O) groups excluding carboxylic acids is 2. The standard InChI is InChI=1S/C18H21N3O4.ClH/c19-10-13-6-7-21(11-13)17(22)12-25-15-4-1-3-14(9-15)20-18(23)16-5-2-8-24-16;/h1-5,8-9,13H,6-7,10-12,19H2,(H,20,23);1H. The van der Waals surface area contributed by atoms with Gasteiger partial charge >= 0.3 is 0 Å². The Bertz CT molecular complexity index is 736. The van der Waals surface area contributed by atoms with Gasteiger partial charge in [-0.1, -0.05) is 6.07 Å². The molecule has 1 aliphatic rings. The van der Waals surface area contributed by atoms with Crippen LogP contribution in [0.25, 0.3) is 0 Å². The predicted octanol–water partition coefficient (Wildman–Crippen LogP) is 2.14. The molecule has 1 aromatic heterocycles. The van der Waals surface area contributed by atoms with E-state index in [-0.39, 0.29) is 36.6 Å². The van der Waals surface area contributed by atoms with Gasteiger partial charge in [0.15, 0.2) is 12.4 Å². The quantitative estimate of drug-likeness (QED) is 0.801. The average molecular weight is 380 g/mol. The number of carbonyl (C=O) groups is 2.